The van der Waals surface area contributed by atoms with Crippen molar-refractivity contribution in [3.8, 4) is 5.75 Å². The summed E-state index contributed by atoms with van der Waals surface area (Å²) in [6.45, 7) is 0.213. The molecule has 1 heterocycles. The van der Waals surface area contributed by atoms with Gasteiger partial charge in [-0.1, -0.05) is 54.6 Å². The van der Waals surface area contributed by atoms with Crippen molar-refractivity contribution in [3.05, 3.63) is 95.8 Å². The number of fused-ring (bicyclic) bond motifs is 1. The zero-order valence-electron chi connectivity index (χ0n) is 18.0. The van der Waals surface area contributed by atoms with Crippen LogP contribution in [0.15, 0.2) is 78.9 Å². The largest absolute Gasteiger partial charge is 0.489 e. The third kappa shape index (κ3) is 5.56. The number of anilines is 1. The van der Waals surface area contributed by atoms with Crippen molar-refractivity contribution in [1.82, 2.24) is 5.32 Å². The van der Waals surface area contributed by atoms with Crippen LogP contribution >= 0.6 is 0 Å². The van der Waals surface area contributed by atoms with Crippen molar-refractivity contribution >= 4 is 17.6 Å². The van der Waals surface area contributed by atoms with Crippen molar-refractivity contribution < 1.29 is 23.8 Å². The van der Waals surface area contributed by atoms with Gasteiger partial charge in [0.15, 0.2) is 0 Å². The molecule has 1 aliphatic rings. The lowest BCUT2D eigenvalue weighted by molar-refractivity contribution is -0.140. The molecule has 7 heteroatoms. The number of nitrogens with one attached hydrogen (secondary N) is 1. The second-order valence-corrected chi connectivity index (χ2v) is 7.96. The van der Waals surface area contributed by atoms with Crippen LogP contribution in [0.4, 0.5) is 10.1 Å². The first kappa shape index (κ1) is 22.5. The van der Waals surface area contributed by atoms with Crippen LogP contribution in [0.2, 0.25) is 0 Å². The lowest BCUT2D eigenvalue weighted by Gasteiger charge is -2.26. The molecule has 0 saturated carbocycles. The highest BCUT2D eigenvalue weighted by atomic mass is 19.1. The molecule has 6 nitrogen and oxygen atoms in total. The van der Waals surface area contributed by atoms with Crippen LogP contribution in [0, 0.1) is 5.82 Å². The van der Waals surface area contributed by atoms with Gasteiger partial charge in [-0.3, -0.25) is 14.9 Å². The molecule has 2 N–H and O–H groups in total. The highest BCUT2D eigenvalue weighted by molar-refractivity contribution is 5.99. The van der Waals surface area contributed by atoms with Gasteiger partial charge in [-0.15, -0.1) is 0 Å². The first-order valence-corrected chi connectivity index (χ1v) is 10.8. The quantitative estimate of drug-likeness (QED) is 0.548. The third-order valence-electron chi connectivity index (χ3n) is 5.64. The molecule has 0 radical (unpaired) electrons. The van der Waals surface area contributed by atoms with Gasteiger partial charge in [0.25, 0.3) is 0 Å². The molecule has 1 amide bonds. The Kier molecular flexibility index (Phi) is 7.00. The molecule has 1 unspecified atom stereocenters. The summed E-state index contributed by atoms with van der Waals surface area (Å²) in [6.07, 6.45) is 0.889. The van der Waals surface area contributed by atoms with Gasteiger partial charge < -0.3 is 14.7 Å². The maximum atomic E-state index is 13.5. The second kappa shape index (κ2) is 10.3. The summed E-state index contributed by atoms with van der Waals surface area (Å²) in [5, 5.41) is 12.8. The number of ether oxygens (including phenoxy) is 1. The molecule has 0 spiro atoms. The number of halogens is 1. The average molecular weight is 448 g/mol. The van der Waals surface area contributed by atoms with E-state index in [0.717, 1.165) is 11.1 Å². The fourth-order valence-electron chi connectivity index (χ4n) is 3.88. The van der Waals surface area contributed by atoms with Crippen LogP contribution < -0.4 is 15.0 Å². The Hall–Kier alpha value is -3.71. The number of carbonyl (C=O) groups excluding carboxylic acids is 1. The Balaban J connectivity index is 1.54. The van der Waals surface area contributed by atoms with Gasteiger partial charge in [-0.05, 0) is 48.2 Å². The number of carbonyl (C=O) groups is 2. The SMILES string of the molecule is O=C(O)[C@H](CCc1ccccc1)NC1COc2ccccc2N(Cc2ccc(F)cc2)C1=O. The average Bonchev–Trinajstić information content (AvgIpc) is 2.95. The molecule has 0 aliphatic carbocycles. The minimum absolute atomic E-state index is 0.00484. The molecule has 1 aliphatic heterocycles. The molecule has 0 aromatic heterocycles. The zero-order valence-corrected chi connectivity index (χ0v) is 18.0. The molecule has 33 heavy (non-hydrogen) atoms. The predicted molar refractivity (Wildman–Crippen MR) is 123 cm³/mol. The van der Waals surface area contributed by atoms with Gasteiger partial charge in [-0.2, -0.15) is 0 Å². The van der Waals surface area contributed by atoms with E-state index < -0.39 is 18.1 Å². The number of aryl methyl sites for hydroxylation is 1. The number of hydrogen-bond donors (Lipinski definition) is 2. The standard InChI is InChI=1S/C26H25FN2O4/c27-20-13-10-19(11-14-20)16-29-23-8-4-5-9-24(23)33-17-22(25(29)30)28-21(26(31)32)15-12-18-6-2-1-3-7-18/h1-11,13-14,21-22,28H,12,15-17H2,(H,31,32)/t21-,22?/m0/s1. The summed E-state index contributed by atoms with van der Waals surface area (Å²) in [4.78, 5) is 27.0. The van der Waals surface area contributed by atoms with Crippen LogP contribution in [0.25, 0.3) is 0 Å². The smallest absolute Gasteiger partial charge is 0.320 e. The molecule has 3 aromatic carbocycles. The Bertz CT molecular complexity index is 1100. The summed E-state index contributed by atoms with van der Waals surface area (Å²) in [6, 6.07) is 21.0. The van der Waals surface area contributed by atoms with Crippen LogP contribution in [-0.2, 0) is 22.6 Å². The monoisotopic (exact) mass is 448 g/mol. The number of nitrogens with zero attached hydrogens (tertiary/aromatic N) is 1. The highest BCUT2D eigenvalue weighted by Crippen LogP contribution is 2.32. The van der Waals surface area contributed by atoms with Crippen LogP contribution in [0.1, 0.15) is 17.5 Å². The highest BCUT2D eigenvalue weighted by Gasteiger charge is 2.34. The summed E-state index contributed by atoms with van der Waals surface area (Å²) < 4.78 is 19.2. The lowest BCUT2D eigenvalue weighted by Crippen LogP contribution is -2.53. The predicted octanol–water partition coefficient (Wildman–Crippen LogP) is 3.80. The van der Waals surface area contributed by atoms with E-state index in [0.29, 0.717) is 24.3 Å². The minimum atomic E-state index is -1.02. The topological polar surface area (TPSA) is 78.9 Å². The van der Waals surface area contributed by atoms with Crippen molar-refractivity contribution in [3.63, 3.8) is 0 Å². The van der Waals surface area contributed by atoms with Gasteiger partial charge in [0, 0.05) is 0 Å². The molecular weight excluding hydrogens is 423 g/mol. The summed E-state index contributed by atoms with van der Waals surface area (Å²) >= 11 is 0. The summed E-state index contributed by atoms with van der Waals surface area (Å²) in [5.74, 6) is -1.14. The number of rotatable bonds is 8. The molecule has 3 aromatic rings. The summed E-state index contributed by atoms with van der Waals surface area (Å²) in [7, 11) is 0. The Morgan fingerprint density at radius 3 is 2.45 bits per heavy atom. The number of amides is 1. The van der Waals surface area contributed by atoms with E-state index in [4.69, 9.17) is 4.74 Å². The second-order valence-electron chi connectivity index (χ2n) is 7.96. The van der Waals surface area contributed by atoms with Gasteiger partial charge in [0.2, 0.25) is 5.91 Å². The van der Waals surface area contributed by atoms with E-state index in [1.165, 1.54) is 12.1 Å². The minimum Gasteiger partial charge on any atom is -0.489 e. The number of carboxylic acid groups (broad SMARTS) is 1. The van der Waals surface area contributed by atoms with E-state index >= 15 is 0 Å². The molecular formula is C26H25FN2O4. The molecule has 170 valence electrons. The van der Waals surface area contributed by atoms with E-state index in [1.807, 2.05) is 36.4 Å². The number of aliphatic carboxylic acids is 1. The first-order chi connectivity index (χ1) is 16.0. The van der Waals surface area contributed by atoms with E-state index in [2.05, 4.69) is 5.32 Å². The lowest BCUT2D eigenvalue weighted by atomic mass is 10.0. The van der Waals surface area contributed by atoms with E-state index in [1.54, 1.807) is 35.2 Å². The van der Waals surface area contributed by atoms with Crippen LogP contribution in [0.5, 0.6) is 5.75 Å². The fourth-order valence-corrected chi connectivity index (χ4v) is 3.88. The number of para-hydroxylation sites is 2. The first-order valence-electron chi connectivity index (χ1n) is 10.8. The molecule has 4 rings (SSSR count). The molecule has 0 fully saturated rings. The Morgan fingerprint density at radius 1 is 1.03 bits per heavy atom. The third-order valence-corrected chi connectivity index (χ3v) is 5.64. The molecule has 2 atom stereocenters. The van der Waals surface area contributed by atoms with Crippen molar-refractivity contribution in [2.24, 2.45) is 0 Å². The van der Waals surface area contributed by atoms with Gasteiger partial charge in [-0.25, -0.2) is 4.39 Å². The van der Waals surface area contributed by atoms with Crippen LogP contribution in [0.3, 0.4) is 0 Å². The molecule has 0 saturated heterocycles. The van der Waals surface area contributed by atoms with Gasteiger partial charge >= 0.3 is 5.97 Å². The van der Waals surface area contributed by atoms with Crippen molar-refractivity contribution in [2.45, 2.75) is 31.5 Å². The maximum Gasteiger partial charge on any atom is 0.320 e. The zero-order chi connectivity index (χ0) is 23.2. The number of hydrogen-bond acceptors (Lipinski definition) is 4. The molecule has 0 bridgehead atoms. The van der Waals surface area contributed by atoms with Crippen LogP contribution in [-0.4, -0.2) is 35.7 Å². The van der Waals surface area contributed by atoms with Gasteiger partial charge in [0.05, 0.1) is 12.2 Å². The maximum absolute atomic E-state index is 13.5. The normalized spacial score (nSPS) is 16.5. The van der Waals surface area contributed by atoms with E-state index in [-0.39, 0.29) is 24.9 Å². The van der Waals surface area contributed by atoms with Crippen molar-refractivity contribution in [2.75, 3.05) is 11.5 Å². The van der Waals surface area contributed by atoms with Gasteiger partial charge in [0.1, 0.15) is 30.3 Å². The fraction of sp³-hybridized carbons (Fsp3) is 0.231. The Morgan fingerprint density at radius 2 is 1.73 bits per heavy atom. The van der Waals surface area contributed by atoms with Crippen molar-refractivity contribution in [1.29, 1.82) is 0 Å². The Labute approximate surface area is 191 Å². The van der Waals surface area contributed by atoms with E-state index in [9.17, 15) is 19.1 Å². The number of benzene rings is 3. The summed E-state index contributed by atoms with van der Waals surface area (Å²) in [5.41, 5.74) is 2.37. The number of carboxylic acids is 1.